The van der Waals surface area contributed by atoms with Crippen molar-refractivity contribution in [1.82, 2.24) is 4.98 Å². The Kier molecular flexibility index (Phi) is 4.22. The number of hydrogen-bond donors (Lipinski definition) is 1. The number of benzene rings is 1. The summed E-state index contributed by atoms with van der Waals surface area (Å²) in [5.41, 5.74) is 1.52. The van der Waals surface area contributed by atoms with Gasteiger partial charge in [0.2, 0.25) is 0 Å². The highest BCUT2D eigenvalue weighted by atomic mass is 32.1. The molecule has 0 saturated carbocycles. The zero-order valence-corrected chi connectivity index (χ0v) is 13.4. The number of aromatic hydroxyl groups is 1. The fourth-order valence-electron chi connectivity index (χ4n) is 1.93. The van der Waals surface area contributed by atoms with Crippen LogP contribution in [0.5, 0.6) is 5.75 Å². The Morgan fingerprint density at radius 1 is 1.27 bits per heavy atom. The van der Waals surface area contributed by atoms with E-state index in [9.17, 15) is 9.90 Å². The fraction of sp³-hybridized carbons (Fsp3) is 0.125. The summed E-state index contributed by atoms with van der Waals surface area (Å²) in [4.78, 5) is 17.6. The molecule has 22 heavy (non-hydrogen) atoms. The molecule has 2 aromatic heterocycles. The normalized spacial score (nSPS) is 10.6. The maximum atomic E-state index is 12.0. The number of ether oxygens (including phenoxy) is 1. The zero-order chi connectivity index (χ0) is 15.5. The van der Waals surface area contributed by atoms with Gasteiger partial charge < -0.3 is 9.84 Å². The highest BCUT2D eigenvalue weighted by molar-refractivity contribution is 7.20. The lowest BCUT2D eigenvalue weighted by Crippen LogP contribution is -2.06. The van der Waals surface area contributed by atoms with Crippen LogP contribution in [0.2, 0.25) is 0 Å². The van der Waals surface area contributed by atoms with Crippen molar-refractivity contribution in [3.63, 3.8) is 0 Å². The second-order valence-electron chi connectivity index (χ2n) is 4.67. The Morgan fingerprint density at radius 3 is 2.91 bits per heavy atom. The molecule has 0 amide bonds. The van der Waals surface area contributed by atoms with E-state index >= 15 is 0 Å². The number of esters is 1. The number of thiophene rings is 1. The predicted octanol–water partition coefficient (Wildman–Crippen LogP) is 4.24. The first kappa shape index (κ1) is 14.7. The summed E-state index contributed by atoms with van der Waals surface area (Å²) in [6.07, 6.45) is 0. The quantitative estimate of drug-likeness (QED) is 0.726. The lowest BCUT2D eigenvalue weighted by atomic mass is 10.1. The van der Waals surface area contributed by atoms with Crippen LogP contribution in [0, 0.1) is 6.92 Å². The zero-order valence-electron chi connectivity index (χ0n) is 11.8. The number of rotatable bonds is 4. The number of nitrogens with zero attached hydrogens (tertiary/aromatic N) is 1. The lowest BCUT2D eigenvalue weighted by molar-refractivity contribution is 0.0465. The van der Waals surface area contributed by atoms with Crippen molar-refractivity contribution in [2.24, 2.45) is 0 Å². The highest BCUT2D eigenvalue weighted by Crippen LogP contribution is 2.28. The third kappa shape index (κ3) is 3.03. The van der Waals surface area contributed by atoms with E-state index < -0.39 is 5.97 Å². The van der Waals surface area contributed by atoms with Gasteiger partial charge in [0, 0.05) is 5.38 Å². The topological polar surface area (TPSA) is 59.4 Å². The van der Waals surface area contributed by atoms with E-state index in [1.807, 2.05) is 22.9 Å². The standard InChI is InChI=1S/C16H13NO3S2/c1-10-4-2-5-12(14(10)18)16(19)20-8-11-9-22-15(17-11)13-6-3-7-21-13/h2-7,9,18H,8H2,1H3. The molecule has 0 spiro atoms. The number of aryl methyl sites for hydroxylation is 1. The number of carbonyl (C=O) groups is 1. The number of phenolic OH excluding ortho intramolecular Hbond substituents is 1. The molecule has 0 atom stereocenters. The van der Waals surface area contributed by atoms with Crippen LogP contribution >= 0.6 is 22.7 Å². The van der Waals surface area contributed by atoms with Gasteiger partial charge in [-0.1, -0.05) is 18.2 Å². The highest BCUT2D eigenvalue weighted by Gasteiger charge is 2.15. The molecule has 1 N–H and O–H groups in total. The van der Waals surface area contributed by atoms with Gasteiger partial charge in [-0.15, -0.1) is 22.7 Å². The molecule has 2 heterocycles. The minimum Gasteiger partial charge on any atom is -0.507 e. The van der Waals surface area contributed by atoms with Gasteiger partial charge in [0.05, 0.1) is 10.6 Å². The molecule has 6 heteroatoms. The van der Waals surface area contributed by atoms with Crippen LogP contribution in [-0.2, 0) is 11.3 Å². The average Bonchev–Trinajstić information content (AvgIpc) is 3.18. The van der Waals surface area contributed by atoms with Crippen molar-refractivity contribution < 1.29 is 14.6 Å². The Bertz CT molecular complexity index is 794. The van der Waals surface area contributed by atoms with Gasteiger partial charge in [-0.25, -0.2) is 9.78 Å². The van der Waals surface area contributed by atoms with Gasteiger partial charge in [0.1, 0.15) is 22.9 Å². The van der Waals surface area contributed by atoms with Crippen LogP contribution in [0.4, 0.5) is 0 Å². The van der Waals surface area contributed by atoms with Crippen LogP contribution in [0.3, 0.4) is 0 Å². The molecule has 0 saturated heterocycles. The SMILES string of the molecule is Cc1cccc(C(=O)OCc2csc(-c3cccs3)n2)c1O. The van der Waals surface area contributed by atoms with Crippen molar-refractivity contribution in [3.8, 4) is 15.6 Å². The number of phenols is 1. The minimum atomic E-state index is -0.549. The van der Waals surface area contributed by atoms with Crippen molar-refractivity contribution in [2.75, 3.05) is 0 Å². The summed E-state index contributed by atoms with van der Waals surface area (Å²) in [5, 5.41) is 14.7. The molecular formula is C16H13NO3S2. The Hall–Kier alpha value is -2.18. The summed E-state index contributed by atoms with van der Waals surface area (Å²) in [6.45, 7) is 1.83. The van der Waals surface area contributed by atoms with Crippen LogP contribution < -0.4 is 0 Å². The molecule has 1 aromatic carbocycles. The van der Waals surface area contributed by atoms with E-state index in [2.05, 4.69) is 4.98 Å². The molecule has 0 unspecified atom stereocenters. The first-order valence-corrected chi connectivity index (χ1v) is 8.35. The third-order valence-electron chi connectivity index (χ3n) is 3.09. The van der Waals surface area contributed by atoms with E-state index in [0.717, 1.165) is 9.88 Å². The van der Waals surface area contributed by atoms with E-state index in [1.165, 1.54) is 11.3 Å². The monoisotopic (exact) mass is 331 g/mol. The second kappa shape index (κ2) is 6.29. The molecular weight excluding hydrogens is 318 g/mol. The van der Waals surface area contributed by atoms with Crippen molar-refractivity contribution in [3.05, 3.63) is 57.9 Å². The number of carbonyl (C=O) groups excluding carboxylic acids is 1. The summed E-state index contributed by atoms with van der Waals surface area (Å²) in [5.74, 6) is -0.586. The Balaban J connectivity index is 1.68. The molecule has 3 rings (SSSR count). The van der Waals surface area contributed by atoms with Crippen molar-refractivity contribution in [1.29, 1.82) is 0 Å². The van der Waals surface area contributed by atoms with Crippen LogP contribution in [-0.4, -0.2) is 16.1 Å². The smallest absolute Gasteiger partial charge is 0.342 e. The molecule has 0 fully saturated rings. The predicted molar refractivity (Wildman–Crippen MR) is 87.4 cm³/mol. The molecule has 4 nitrogen and oxygen atoms in total. The van der Waals surface area contributed by atoms with Crippen LogP contribution in [0.1, 0.15) is 21.6 Å². The van der Waals surface area contributed by atoms with Crippen molar-refractivity contribution >= 4 is 28.6 Å². The van der Waals surface area contributed by atoms with Gasteiger partial charge in [0.15, 0.2) is 0 Å². The largest absolute Gasteiger partial charge is 0.507 e. The summed E-state index contributed by atoms with van der Waals surface area (Å²) in [6, 6.07) is 8.97. The van der Waals surface area contributed by atoms with Gasteiger partial charge in [-0.2, -0.15) is 0 Å². The van der Waals surface area contributed by atoms with Gasteiger partial charge >= 0.3 is 5.97 Å². The van der Waals surface area contributed by atoms with Crippen molar-refractivity contribution in [2.45, 2.75) is 13.5 Å². The number of para-hydroxylation sites is 1. The minimum absolute atomic E-state index is 0.0370. The first-order chi connectivity index (χ1) is 10.6. The number of thiazole rings is 1. The summed E-state index contributed by atoms with van der Waals surface area (Å²) in [7, 11) is 0. The molecule has 112 valence electrons. The maximum absolute atomic E-state index is 12.0. The fourth-order valence-corrected chi connectivity index (χ4v) is 3.55. The van der Waals surface area contributed by atoms with E-state index in [4.69, 9.17) is 4.74 Å². The molecule has 0 radical (unpaired) electrons. The lowest BCUT2D eigenvalue weighted by Gasteiger charge is -2.06. The van der Waals surface area contributed by atoms with Crippen LogP contribution in [0.25, 0.3) is 9.88 Å². The Labute approximate surface area is 135 Å². The summed E-state index contributed by atoms with van der Waals surface area (Å²) < 4.78 is 5.23. The van der Waals surface area contributed by atoms with E-state index in [1.54, 1.807) is 36.5 Å². The van der Waals surface area contributed by atoms with E-state index in [-0.39, 0.29) is 17.9 Å². The molecule has 0 aliphatic carbocycles. The van der Waals surface area contributed by atoms with Gasteiger partial charge in [-0.3, -0.25) is 0 Å². The maximum Gasteiger partial charge on any atom is 0.342 e. The second-order valence-corrected chi connectivity index (χ2v) is 6.47. The first-order valence-electron chi connectivity index (χ1n) is 6.59. The third-order valence-corrected chi connectivity index (χ3v) is 5.02. The molecule has 0 bridgehead atoms. The number of hydrogen-bond acceptors (Lipinski definition) is 6. The molecule has 0 aliphatic heterocycles. The molecule has 3 aromatic rings. The molecule has 0 aliphatic rings. The summed E-state index contributed by atoms with van der Waals surface area (Å²) >= 11 is 3.14. The Morgan fingerprint density at radius 2 is 2.14 bits per heavy atom. The van der Waals surface area contributed by atoms with Crippen LogP contribution in [0.15, 0.2) is 41.1 Å². The van der Waals surface area contributed by atoms with Gasteiger partial charge in [0.25, 0.3) is 0 Å². The van der Waals surface area contributed by atoms with Gasteiger partial charge in [-0.05, 0) is 30.0 Å². The average molecular weight is 331 g/mol. The van der Waals surface area contributed by atoms with E-state index in [0.29, 0.717) is 11.3 Å². The number of aromatic nitrogens is 1.